The van der Waals surface area contributed by atoms with Gasteiger partial charge in [-0.3, -0.25) is 4.79 Å². The number of likely N-dealkylation sites (tertiary alicyclic amines) is 1. The third-order valence-electron chi connectivity index (χ3n) is 4.69. The van der Waals surface area contributed by atoms with Crippen molar-refractivity contribution in [1.29, 1.82) is 0 Å². The third-order valence-corrected chi connectivity index (χ3v) is 4.98. The Balaban J connectivity index is 1.88. The molecule has 0 bridgehead atoms. The van der Waals surface area contributed by atoms with Crippen LogP contribution in [0.25, 0.3) is 0 Å². The second kappa shape index (κ2) is 6.49. The summed E-state index contributed by atoms with van der Waals surface area (Å²) < 4.78 is 10.2. The number of carbonyl (C=O) groups is 1. The fraction of sp³-hybridized carbons (Fsp3) is 0.389. The number of rotatable bonds is 4. The molecule has 0 radical (unpaired) electrons. The van der Waals surface area contributed by atoms with Gasteiger partial charge < -0.3 is 19.2 Å². The molecular formula is C18H20ClNO4. The average Bonchev–Trinajstić information content (AvgIpc) is 3.23. The van der Waals surface area contributed by atoms with Gasteiger partial charge in [0.05, 0.1) is 25.0 Å². The van der Waals surface area contributed by atoms with E-state index >= 15 is 0 Å². The number of aliphatic hydroxyl groups is 1. The van der Waals surface area contributed by atoms with Crippen molar-refractivity contribution in [1.82, 2.24) is 4.90 Å². The quantitative estimate of drug-likeness (QED) is 0.918. The molecule has 2 heterocycles. The standard InChI is InChI=1S/C18H20ClNO4/c1-18(22,12-5-7-13(23-2)8-6-12)15-4-3-10-20(15)17(21)14-9-11-24-16(14)19/h5-9,11,15,22H,3-4,10H2,1-2H3/t15-,18-/m1/s1. The highest BCUT2D eigenvalue weighted by atomic mass is 35.5. The zero-order valence-corrected chi connectivity index (χ0v) is 14.4. The van der Waals surface area contributed by atoms with Gasteiger partial charge in [0.15, 0.2) is 0 Å². The predicted octanol–water partition coefficient (Wildman–Crippen LogP) is 3.45. The zero-order valence-electron chi connectivity index (χ0n) is 13.7. The third kappa shape index (κ3) is 2.89. The summed E-state index contributed by atoms with van der Waals surface area (Å²) in [5.74, 6) is 0.504. The number of methoxy groups -OCH3 is 1. The molecule has 1 aromatic carbocycles. The average molecular weight is 350 g/mol. The number of furan rings is 1. The molecule has 0 unspecified atom stereocenters. The second-order valence-corrected chi connectivity index (χ2v) is 6.48. The van der Waals surface area contributed by atoms with Crippen LogP contribution in [-0.4, -0.2) is 35.6 Å². The Hall–Kier alpha value is -1.98. The summed E-state index contributed by atoms with van der Waals surface area (Å²) in [5, 5.41) is 11.2. The van der Waals surface area contributed by atoms with Crippen molar-refractivity contribution in [2.75, 3.05) is 13.7 Å². The molecule has 3 rings (SSSR count). The van der Waals surface area contributed by atoms with Crippen LogP contribution >= 0.6 is 11.6 Å². The van der Waals surface area contributed by atoms with Gasteiger partial charge in [-0.1, -0.05) is 12.1 Å². The molecular weight excluding hydrogens is 330 g/mol. The maximum atomic E-state index is 12.8. The first-order valence-corrected chi connectivity index (χ1v) is 8.24. The molecule has 1 aliphatic rings. The van der Waals surface area contributed by atoms with Crippen LogP contribution in [0.5, 0.6) is 5.75 Å². The monoisotopic (exact) mass is 349 g/mol. The molecule has 128 valence electrons. The normalized spacial score (nSPS) is 20.0. The zero-order chi connectivity index (χ0) is 17.3. The van der Waals surface area contributed by atoms with Gasteiger partial charge in [-0.25, -0.2) is 0 Å². The maximum absolute atomic E-state index is 12.8. The van der Waals surface area contributed by atoms with Crippen molar-refractivity contribution in [2.45, 2.75) is 31.4 Å². The molecule has 1 aromatic heterocycles. The molecule has 5 nitrogen and oxygen atoms in total. The summed E-state index contributed by atoms with van der Waals surface area (Å²) in [6, 6.07) is 8.48. The van der Waals surface area contributed by atoms with Crippen molar-refractivity contribution in [2.24, 2.45) is 0 Å². The topological polar surface area (TPSA) is 62.9 Å². The fourth-order valence-electron chi connectivity index (χ4n) is 3.32. The van der Waals surface area contributed by atoms with E-state index in [1.54, 1.807) is 37.1 Å². The largest absolute Gasteiger partial charge is 0.497 e. The van der Waals surface area contributed by atoms with Gasteiger partial charge in [-0.2, -0.15) is 0 Å². The number of ether oxygens (including phenoxy) is 1. The fourth-order valence-corrected chi connectivity index (χ4v) is 3.51. The van der Waals surface area contributed by atoms with E-state index in [9.17, 15) is 9.90 Å². The van der Waals surface area contributed by atoms with Crippen LogP contribution in [0.4, 0.5) is 0 Å². The lowest BCUT2D eigenvalue weighted by Crippen LogP contribution is -2.48. The summed E-state index contributed by atoms with van der Waals surface area (Å²) in [4.78, 5) is 14.4. The summed E-state index contributed by atoms with van der Waals surface area (Å²) >= 11 is 5.93. The van der Waals surface area contributed by atoms with E-state index in [-0.39, 0.29) is 17.2 Å². The molecule has 1 N–H and O–H groups in total. The number of nitrogens with zero attached hydrogens (tertiary/aromatic N) is 1. The van der Waals surface area contributed by atoms with Crippen molar-refractivity contribution >= 4 is 17.5 Å². The van der Waals surface area contributed by atoms with Crippen LogP contribution in [0.15, 0.2) is 41.0 Å². The molecule has 1 amide bonds. The number of amides is 1. The summed E-state index contributed by atoms with van der Waals surface area (Å²) in [6.07, 6.45) is 2.95. The van der Waals surface area contributed by atoms with Crippen molar-refractivity contribution in [3.8, 4) is 5.75 Å². The van der Waals surface area contributed by atoms with Gasteiger partial charge in [0.1, 0.15) is 11.4 Å². The Kier molecular flexibility index (Phi) is 4.56. The SMILES string of the molecule is COc1ccc([C@@](C)(O)[C@H]2CCCN2C(=O)c2ccoc2Cl)cc1. The predicted molar refractivity (Wildman–Crippen MR) is 90.3 cm³/mol. The highest BCUT2D eigenvalue weighted by molar-refractivity contribution is 6.32. The lowest BCUT2D eigenvalue weighted by Gasteiger charge is -2.37. The van der Waals surface area contributed by atoms with Crippen LogP contribution in [0.3, 0.4) is 0 Å². The first-order chi connectivity index (χ1) is 11.4. The van der Waals surface area contributed by atoms with Gasteiger partial charge in [0.2, 0.25) is 5.22 Å². The molecule has 0 spiro atoms. The first-order valence-electron chi connectivity index (χ1n) is 7.86. The second-order valence-electron chi connectivity index (χ2n) is 6.14. The van der Waals surface area contributed by atoms with E-state index in [1.807, 2.05) is 12.1 Å². The van der Waals surface area contributed by atoms with E-state index in [0.29, 0.717) is 12.1 Å². The van der Waals surface area contributed by atoms with E-state index in [4.69, 9.17) is 20.8 Å². The number of hydrogen-bond donors (Lipinski definition) is 1. The number of benzene rings is 1. The first kappa shape index (κ1) is 16.9. The van der Waals surface area contributed by atoms with Crippen molar-refractivity contribution in [3.05, 3.63) is 52.9 Å². The number of hydrogen-bond acceptors (Lipinski definition) is 4. The highest BCUT2D eigenvalue weighted by Gasteiger charge is 2.43. The van der Waals surface area contributed by atoms with Gasteiger partial charge >= 0.3 is 0 Å². The number of carbonyl (C=O) groups excluding carboxylic acids is 1. The van der Waals surface area contributed by atoms with Gasteiger partial charge in [0, 0.05) is 6.54 Å². The Morgan fingerprint density at radius 3 is 2.67 bits per heavy atom. The van der Waals surface area contributed by atoms with Gasteiger partial charge in [0.25, 0.3) is 5.91 Å². The summed E-state index contributed by atoms with van der Waals surface area (Å²) in [5.41, 5.74) is -0.102. The minimum absolute atomic E-state index is 0.0785. The van der Waals surface area contributed by atoms with E-state index < -0.39 is 5.60 Å². The highest BCUT2D eigenvalue weighted by Crippen LogP contribution is 2.36. The van der Waals surface area contributed by atoms with Crippen LogP contribution < -0.4 is 4.74 Å². The van der Waals surface area contributed by atoms with E-state index in [0.717, 1.165) is 24.2 Å². The Labute approximate surface area is 145 Å². The van der Waals surface area contributed by atoms with E-state index in [1.165, 1.54) is 6.26 Å². The molecule has 1 aliphatic heterocycles. The minimum Gasteiger partial charge on any atom is -0.497 e. The maximum Gasteiger partial charge on any atom is 0.259 e. The molecule has 1 fully saturated rings. The smallest absolute Gasteiger partial charge is 0.259 e. The number of halogens is 1. The van der Waals surface area contributed by atoms with Crippen LogP contribution in [0, 0.1) is 0 Å². The van der Waals surface area contributed by atoms with E-state index in [2.05, 4.69) is 0 Å². The summed E-state index contributed by atoms with van der Waals surface area (Å²) in [6.45, 7) is 2.32. The summed E-state index contributed by atoms with van der Waals surface area (Å²) in [7, 11) is 1.60. The molecule has 0 saturated carbocycles. The van der Waals surface area contributed by atoms with Crippen LogP contribution in [0.2, 0.25) is 5.22 Å². The molecule has 24 heavy (non-hydrogen) atoms. The molecule has 0 aliphatic carbocycles. The Morgan fingerprint density at radius 2 is 2.08 bits per heavy atom. The molecule has 6 heteroatoms. The Morgan fingerprint density at radius 1 is 1.38 bits per heavy atom. The lowest BCUT2D eigenvalue weighted by atomic mass is 9.86. The minimum atomic E-state index is -1.17. The van der Waals surface area contributed by atoms with Crippen molar-refractivity contribution in [3.63, 3.8) is 0 Å². The molecule has 2 atom stereocenters. The molecule has 1 saturated heterocycles. The van der Waals surface area contributed by atoms with Gasteiger partial charge in [-0.15, -0.1) is 0 Å². The van der Waals surface area contributed by atoms with Crippen LogP contribution in [0.1, 0.15) is 35.7 Å². The van der Waals surface area contributed by atoms with Crippen molar-refractivity contribution < 1.29 is 19.1 Å². The van der Waals surface area contributed by atoms with Gasteiger partial charge in [-0.05, 0) is 55.1 Å². The van der Waals surface area contributed by atoms with Crippen LogP contribution in [-0.2, 0) is 5.60 Å². The lowest BCUT2D eigenvalue weighted by molar-refractivity contribution is -0.0177. The Bertz CT molecular complexity index is 723. The molecule has 2 aromatic rings.